The van der Waals surface area contributed by atoms with E-state index in [0.717, 1.165) is 14.7 Å². The van der Waals surface area contributed by atoms with E-state index in [1.165, 1.54) is 0 Å². The molecule has 0 heterocycles. The van der Waals surface area contributed by atoms with Gasteiger partial charge in [0.05, 0.1) is 16.1 Å². The van der Waals surface area contributed by atoms with Crippen LogP contribution in [0.15, 0.2) is 21.1 Å². The van der Waals surface area contributed by atoms with E-state index in [9.17, 15) is 4.79 Å². The van der Waals surface area contributed by atoms with Crippen molar-refractivity contribution in [2.45, 2.75) is 26.4 Å². The summed E-state index contributed by atoms with van der Waals surface area (Å²) < 4.78 is 12.5. The quantitative estimate of drug-likeness (QED) is 0.792. The lowest BCUT2D eigenvalue weighted by Gasteiger charge is -2.16. The highest BCUT2D eigenvalue weighted by atomic mass is 79.9. The van der Waals surface area contributed by atoms with Gasteiger partial charge in [-0.25, -0.2) is 0 Å². The second kappa shape index (κ2) is 6.40. The first-order chi connectivity index (χ1) is 7.93. The van der Waals surface area contributed by atoms with Gasteiger partial charge in [0, 0.05) is 6.42 Å². The van der Waals surface area contributed by atoms with E-state index in [1.807, 2.05) is 19.1 Å². The molecular weight excluding hydrogens is 352 g/mol. The molecule has 17 heavy (non-hydrogen) atoms. The fourth-order valence-corrected chi connectivity index (χ4v) is 2.32. The zero-order valence-electron chi connectivity index (χ0n) is 9.92. The lowest BCUT2D eigenvalue weighted by atomic mass is 10.2. The summed E-state index contributed by atoms with van der Waals surface area (Å²) in [4.78, 5) is 11.0. The molecule has 0 amide bonds. The van der Waals surface area contributed by atoms with Gasteiger partial charge in [-0.1, -0.05) is 0 Å². The molecule has 1 aromatic carbocycles. The normalized spacial score (nSPS) is 12.1. The van der Waals surface area contributed by atoms with Crippen molar-refractivity contribution in [2.24, 2.45) is 0 Å². The van der Waals surface area contributed by atoms with Crippen molar-refractivity contribution >= 4 is 37.6 Å². The van der Waals surface area contributed by atoms with Crippen molar-refractivity contribution in [1.82, 2.24) is 0 Å². The van der Waals surface area contributed by atoms with E-state index in [0.29, 0.717) is 12.2 Å². The second-order valence-electron chi connectivity index (χ2n) is 3.75. The van der Waals surface area contributed by atoms with E-state index >= 15 is 0 Å². The summed E-state index contributed by atoms with van der Waals surface area (Å²) in [6.45, 7) is 3.42. The molecule has 0 saturated heterocycles. The Kier molecular flexibility index (Phi) is 5.46. The molecule has 0 aliphatic heterocycles. The van der Waals surface area contributed by atoms with Crippen molar-refractivity contribution in [3.63, 3.8) is 0 Å². The van der Waals surface area contributed by atoms with Gasteiger partial charge in [-0.05, 0) is 57.8 Å². The van der Waals surface area contributed by atoms with Crippen LogP contribution in [-0.2, 0) is 4.79 Å². The molecule has 1 unspecified atom stereocenters. The number of carbonyl (C=O) groups is 1. The van der Waals surface area contributed by atoms with Crippen LogP contribution in [0.5, 0.6) is 11.5 Å². The molecule has 3 nitrogen and oxygen atoms in total. The summed E-state index contributed by atoms with van der Waals surface area (Å²) >= 11 is 6.80. The zero-order valence-corrected chi connectivity index (χ0v) is 13.1. The van der Waals surface area contributed by atoms with Crippen LogP contribution in [-0.4, -0.2) is 19.0 Å². The van der Waals surface area contributed by atoms with Gasteiger partial charge in [-0.3, -0.25) is 4.79 Å². The second-order valence-corrected chi connectivity index (χ2v) is 5.46. The summed E-state index contributed by atoms with van der Waals surface area (Å²) in [6, 6.07) is 3.64. The van der Waals surface area contributed by atoms with Crippen LogP contribution in [0.1, 0.15) is 20.3 Å². The van der Waals surface area contributed by atoms with Crippen molar-refractivity contribution in [2.75, 3.05) is 7.11 Å². The molecule has 0 radical (unpaired) electrons. The Morgan fingerprint density at radius 1 is 1.29 bits per heavy atom. The average Bonchev–Trinajstić information content (AvgIpc) is 2.21. The summed E-state index contributed by atoms with van der Waals surface area (Å²) in [7, 11) is 1.60. The van der Waals surface area contributed by atoms with Gasteiger partial charge in [0.2, 0.25) is 0 Å². The number of Topliss-reactive ketones (excluding diaryl/α,β-unsaturated/α-hetero) is 1. The highest BCUT2D eigenvalue weighted by Gasteiger charge is 2.12. The van der Waals surface area contributed by atoms with Gasteiger partial charge in [0.1, 0.15) is 23.4 Å². The van der Waals surface area contributed by atoms with Crippen molar-refractivity contribution in [3.05, 3.63) is 21.1 Å². The molecule has 5 heteroatoms. The Morgan fingerprint density at radius 2 is 1.82 bits per heavy atom. The third kappa shape index (κ3) is 4.32. The Bertz CT molecular complexity index is 418. The van der Waals surface area contributed by atoms with E-state index in [4.69, 9.17) is 9.47 Å². The number of carbonyl (C=O) groups excluding carboxylic acids is 1. The van der Waals surface area contributed by atoms with Crippen molar-refractivity contribution < 1.29 is 14.3 Å². The minimum atomic E-state index is -0.149. The topological polar surface area (TPSA) is 35.5 Å². The number of ketones is 1. The van der Waals surface area contributed by atoms with Crippen LogP contribution in [0.2, 0.25) is 0 Å². The molecule has 1 aromatic rings. The van der Waals surface area contributed by atoms with Gasteiger partial charge in [0.15, 0.2) is 0 Å². The number of hydrogen-bond acceptors (Lipinski definition) is 3. The molecule has 0 bridgehead atoms. The maximum Gasteiger partial charge on any atom is 0.135 e. The zero-order chi connectivity index (χ0) is 13.0. The van der Waals surface area contributed by atoms with E-state index in [2.05, 4.69) is 31.9 Å². The Morgan fingerprint density at radius 3 is 2.35 bits per heavy atom. The van der Waals surface area contributed by atoms with Crippen LogP contribution in [0.3, 0.4) is 0 Å². The maximum absolute atomic E-state index is 11.0. The average molecular weight is 366 g/mol. The van der Waals surface area contributed by atoms with Crippen LogP contribution < -0.4 is 9.47 Å². The number of benzene rings is 1. The van der Waals surface area contributed by atoms with Crippen molar-refractivity contribution in [1.29, 1.82) is 0 Å². The number of halogens is 2. The predicted molar refractivity (Wildman–Crippen MR) is 73.8 cm³/mol. The van der Waals surface area contributed by atoms with Gasteiger partial charge in [-0.2, -0.15) is 0 Å². The Hall–Kier alpha value is -0.550. The molecule has 0 saturated carbocycles. The highest BCUT2D eigenvalue weighted by Crippen LogP contribution is 2.36. The molecule has 0 aliphatic carbocycles. The highest BCUT2D eigenvalue weighted by molar-refractivity contribution is 9.11. The maximum atomic E-state index is 11.0. The fourth-order valence-electron chi connectivity index (χ4n) is 1.42. The molecule has 1 atom stereocenters. The van der Waals surface area contributed by atoms with E-state index in [1.54, 1.807) is 14.0 Å². The molecule has 0 N–H and O–H groups in total. The third-order valence-corrected chi connectivity index (χ3v) is 3.35. The predicted octanol–water partition coefficient (Wildman–Crippen LogP) is 3.97. The van der Waals surface area contributed by atoms with Gasteiger partial charge < -0.3 is 9.47 Å². The van der Waals surface area contributed by atoms with Crippen LogP contribution in [0.25, 0.3) is 0 Å². The number of rotatable bonds is 5. The molecular formula is C12H14Br2O3. The molecule has 1 rings (SSSR count). The first-order valence-electron chi connectivity index (χ1n) is 5.13. The third-order valence-electron chi connectivity index (χ3n) is 2.11. The van der Waals surface area contributed by atoms with Crippen LogP contribution in [0.4, 0.5) is 0 Å². The smallest absolute Gasteiger partial charge is 0.135 e. The summed E-state index contributed by atoms with van der Waals surface area (Å²) in [6.07, 6.45) is 0.250. The standard InChI is InChI=1S/C12H14Br2O3/c1-7(15)4-8(2)17-12-6-9(13)11(16-3)5-10(12)14/h5-6,8H,4H2,1-3H3. The van der Waals surface area contributed by atoms with Crippen LogP contribution in [0, 0.1) is 0 Å². The molecule has 94 valence electrons. The SMILES string of the molecule is COc1cc(Br)c(OC(C)CC(C)=O)cc1Br. The monoisotopic (exact) mass is 364 g/mol. The van der Waals surface area contributed by atoms with Gasteiger partial charge in [0.25, 0.3) is 0 Å². The summed E-state index contributed by atoms with van der Waals surface area (Å²) in [5.41, 5.74) is 0. The minimum absolute atomic E-state index is 0.112. The molecule has 0 fully saturated rings. The lowest BCUT2D eigenvalue weighted by Crippen LogP contribution is -2.15. The van der Waals surface area contributed by atoms with Gasteiger partial charge in [-0.15, -0.1) is 0 Å². The number of ether oxygens (including phenoxy) is 2. The summed E-state index contributed by atoms with van der Waals surface area (Å²) in [5, 5.41) is 0. The number of hydrogen-bond donors (Lipinski definition) is 0. The summed E-state index contributed by atoms with van der Waals surface area (Å²) in [5.74, 6) is 1.52. The Labute approximate surface area is 118 Å². The molecule has 0 spiro atoms. The number of methoxy groups -OCH3 is 1. The lowest BCUT2D eigenvalue weighted by molar-refractivity contribution is -0.118. The fraction of sp³-hybridized carbons (Fsp3) is 0.417. The first kappa shape index (κ1) is 14.5. The van der Waals surface area contributed by atoms with Crippen LogP contribution >= 0.6 is 31.9 Å². The minimum Gasteiger partial charge on any atom is -0.496 e. The largest absolute Gasteiger partial charge is 0.496 e. The Balaban J connectivity index is 2.84. The molecule has 0 aromatic heterocycles. The van der Waals surface area contributed by atoms with Gasteiger partial charge >= 0.3 is 0 Å². The van der Waals surface area contributed by atoms with Crippen molar-refractivity contribution in [3.8, 4) is 11.5 Å². The van der Waals surface area contributed by atoms with E-state index < -0.39 is 0 Å². The van der Waals surface area contributed by atoms with E-state index in [-0.39, 0.29) is 11.9 Å². The molecule has 0 aliphatic rings. The first-order valence-corrected chi connectivity index (χ1v) is 6.71.